The third kappa shape index (κ3) is 3.09. The number of carbonyl (C=O) groups is 1. The minimum atomic E-state index is -3.56. The molecular formula is C20H19ClN2O4S. The van der Waals surface area contributed by atoms with Crippen LogP contribution in [0.5, 0.6) is 5.75 Å². The van der Waals surface area contributed by atoms with Crippen LogP contribution in [0, 0.1) is 0 Å². The van der Waals surface area contributed by atoms with E-state index in [0.29, 0.717) is 51.6 Å². The number of hydrogen-bond donors (Lipinski definition) is 1. The number of aldehydes is 1. The second kappa shape index (κ2) is 7.24. The van der Waals surface area contributed by atoms with E-state index in [-0.39, 0.29) is 4.90 Å². The van der Waals surface area contributed by atoms with Gasteiger partial charge in [-0.05, 0) is 49.2 Å². The first-order valence-electron chi connectivity index (χ1n) is 8.90. The predicted octanol–water partition coefficient (Wildman–Crippen LogP) is 4.09. The molecule has 1 aliphatic rings. The van der Waals surface area contributed by atoms with Gasteiger partial charge in [-0.25, -0.2) is 8.42 Å². The fraction of sp³-hybridized carbons (Fsp3) is 0.250. The van der Waals surface area contributed by atoms with Crippen molar-refractivity contribution in [3.8, 4) is 17.0 Å². The van der Waals surface area contributed by atoms with Gasteiger partial charge in [-0.15, -0.1) is 0 Å². The molecule has 3 aromatic rings. The number of nitrogens with one attached hydrogen (secondary N) is 1. The lowest BCUT2D eigenvalue weighted by atomic mass is 10.1. The van der Waals surface area contributed by atoms with Gasteiger partial charge >= 0.3 is 0 Å². The molecule has 0 bridgehead atoms. The summed E-state index contributed by atoms with van der Waals surface area (Å²) in [6.07, 6.45) is 2.47. The number of methoxy groups -OCH3 is 1. The fourth-order valence-electron chi connectivity index (χ4n) is 3.60. The molecule has 1 aliphatic heterocycles. The van der Waals surface area contributed by atoms with Crippen LogP contribution in [0.4, 0.5) is 0 Å². The SMILES string of the molecule is COc1ccc(-c2[nH]c3ccc(S(=O)(=O)N4CCCC4)cc3c2C=O)cc1Cl. The summed E-state index contributed by atoms with van der Waals surface area (Å²) in [5, 5.41) is 0.991. The van der Waals surface area contributed by atoms with Gasteiger partial charge in [-0.2, -0.15) is 4.31 Å². The van der Waals surface area contributed by atoms with Gasteiger partial charge in [0.05, 0.1) is 22.7 Å². The lowest BCUT2D eigenvalue weighted by molar-refractivity contribution is 0.112. The Bertz CT molecular complexity index is 1160. The molecule has 0 amide bonds. The van der Waals surface area contributed by atoms with Gasteiger partial charge in [0.15, 0.2) is 6.29 Å². The number of rotatable bonds is 5. The van der Waals surface area contributed by atoms with Gasteiger partial charge in [0.1, 0.15) is 5.75 Å². The molecule has 0 radical (unpaired) electrons. The molecule has 1 fully saturated rings. The maximum Gasteiger partial charge on any atom is 0.243 e. The highest BCUT2D eigenvalue weighted by Gasteiger charge is 2.28. The second-order valence-electron chi connectivity index (χ2n) is 6.70. The average molecular weight is 419 g/mol. The van der Waals surface area contributed by atoms with Crippen molar-refractivity contribution in [2.75, 3.05) is 20.2 Å². The molecule has 6 nitrogen and oxygen atoms in total. The second-order valence-corrected chi connectivity index (χ2v) is 9.04. The van der Waals surface area contributed by atoms with Crippen molar-refractivity contribution < 1.29 is 17.9 Å². The number of aromatic nitrogens is 1. The van der Waals surface area contributed by atoms with Gasteiger partial charge in [0, 0.05) is 35.1 Å². The van der Waals surface area contributed by atoms with Gasteiger partial charge < -0.3 is 9.72 Å². The zero-order valence-electron chi connectivity index (χ0n) is 15.2. The number of aromatic amines is 1. The van der Waals surface area contributed by atoms with Crippen LogP contribution >= 0.6 is 11.6 Å². The van der Waals surface area contributed by atoms with E-state index in [1.165, 1.54) is 11.4 Å². The van der Waals surface area contributed by atoms with Crippen molar-refractivity contribution in [3.05, 3.63) is 47.0 Å². The molecule has 0 saturated carbocycles. The van der Waals surface area contributed by atoms with Crippen molar-refractivity contribution in [2.45, 2.75) is 17.7 Å². The molecule has 8 heteroatoms. The highest BCUT2D eigenvalue weighted by Crippen LogP contribution is 2.35. The predicted molar refractivity (Wildman–Crippen MR) is 109 cm³/mol. The molecule has 0 atom stereocenters. The molecule has 146 valence electrons. The first-order valence-corrected chi connectivity index (χ1v) is 10.7. The van der Waals surface area contributed by atoms with Crippen LogP contribution in [-0.2, 0) is 10.0 Å². The summed E-state index contributed by atoms with van der Waals surface area (Å²) in [6, 6.07) is 10.1. The minimum Gasteiger partial charge on any atom is -0.495 e. The van der Waals surface area contributed by atoms with Crippen LogP contribution in [0.1, 0.15) is 23.2 Å². The zero-order chi connectivity index (χ0) is 19.9. The van der Waals surface area contributed by atoms with Crippen molar-refractivity contribution in [3.63, 3.8) is 0 Å². The molecule has 2 heterocycles. The van der Waals surface area contributed by atoms with E-state index in [9.17, 15) is 13.2 Å². The Labute approximate surface area is 168 Å². The molecule has 4 rings (SSSR count). The quantitative estimate of drug-likeness (QED) is 0.633. The Morgan fingerprint density at radius 2 is 1.89 bits per heavy atom. The standard InChI is InChI=1S/C20H19ClN2O4S/c1-27-19-7-4-13(10-17(19)21)20-16(12-24)15-11-14(5-6-18(15)22-20)28(25,26)23-8-2-3-9-23/h4-7,10-12,22H,2-3,8-9H2,1H3. The topological polar surface area (TPSA) is 79.5 Å². The van der Waals surface area contributed by atoms with Crippen molar-refractivity contribution in [1.29, 1.82) is 0 Å². The summed E-state index contributed by atoms with van der Waals surface area (Å²) in [7, 11) is -2.03. The summed E-state index contributed by atoms with van der Waals surface area (Å²) in [5.74, 6) is 0.535. The van der Waals surface area contributed by atoms with Crippen LogP contribution in [0.2, 0.25) is 5.02 Å². The Kier molecular flexibility index (Phi) is 4.91. The number of fused-ring (bicyclic) bond motifs is 1. The van der Waals surface area contributed by atoms with E-state index in [1.807, 2.05) is 0 Å². The molecule has 1 N–H and O–H groups in total. The number of nitrogens with zero attached hydrogens (tertiary/aromatic N) is 1. The van der Waals surface area contributed by atoms with Crippen molar-refractivity contribution >= 4 is 38.8 Å². The Morgan fingerprint density at radius 3 is 2.54 bits per heavy atom. The molecule has 0 aliphatic carbocycles. The highest BCUT2D eigenvalue weighted by atomic mass is 35.5. The van der Waals surface area contributed by atoms with Crippen LogP contribution in [0.3, 0.4) is 0 Å². The van der Waals surface area contributed by atoms with Gasteiger partial charge in [-0.3, -0.25) is 4.79 Å². The number of ether oxygens (including phenoxy) is 1. The summed E-state index contributed by atoms with van der Waals surface area (Å²) < 4.78 is 32.4. The van der Waals surface area contributed by atoms with Crippen molar-refractivity contribution in [1.82, 2.24) is 9.29 Å². The van der Waals surface area contributed by atoms with Crippen LogP contribution in [0.25, 0.3) is 22.2 Å². The molecule has 2 aromatic carbocycles. The van der Waals surface area contributed by atoms with E-state index < -0.39 is 10.0 Å². The number of H-pyrrole nitrogens is 1. The first kappa shape index (κ1) is 19.0. The molecule has 1 saturated heterocycles. The van der Waals surface area contributed by atoms with E-state index in [0.717, 1.165) is 19.1 Å². The monoisotopic (exact) mass is 418 g/mol. The number of carbonyl (C=O) groups excluding carboxylic acids is 1. The lowest BCUT2D eigenvalue weighted by Crippen LogP contribution is -2.27. The molecular weight excluding hydrogens is 400 g/mol. The molecule has 1 aromatic heterocycles. The van der Waals surface area contributed by atoms with E-state index in [2.05, 4.69) is 4.98 Å². The Morgan fingerprint density at radius 1 is 1.14 bits per heavy atom. The average Bonchev–Trinajstić information content (AvgIpc) is 3.35. The highest BCUT2D eigenvalue weighted by molar-refractivity contribution is 7.89. The Hall–Kier alpha value is -2.35. The van der Waals surface area contributed by atoms with E-state index in [1.54, 1.807) is 36.4 Å². The van der Waals surface area contributed by atoms with Crippen LogP contribution in [0.15, 0.2) is 41.3 Å². The zero-order valence-corrected chi connectivity index (χ0v) is 16.8. The third-order valence-corrected chi connectivity index (χ3v) is 7.26. The summed E-state index contributed by atoms with van der Waals surface area (Å²) in [6.45, 7) is 1.06. The van der Waals surface area contributed by atoms with Crippen LogP contribution in [-0.4, -0.2) is 44.2 Å². The number of hydrogen-bond acceptors (Lipinski definition) is 4. The van der Waals surface area contributed by atoms with Gasteiger partial charge in [0.2, 0.25) is 10.0 Å². The van der Waals surface area contributed by atoms with E-state index >= 15 is 0 Å². The Balaban J connectivity index is 1.85. The molecule has 0 spiro atoms. The largest absolute Gasteiger partial charge is 0.495 e. The van der Waals surface area contributed by atoms with E-state index in [4.69, 9.17) is 16.3 Å². The summed E-state index contributed by atoms with van der Waals surface area (Å²) in [5.41, 5.74) is 2.39. The molecule has 0 unspecified atom stereocenters. The third-order valence-electron chi connectivity index (χ3n) is 5.07. The number of benzene rings is 2. The van der Waals surface area contributed by atoms with Gasteiger partial charge in [0.25, 0.3) is 0 Å². The normalized spacial score (nSPS) is 15.2. The summed E-state index contributed by atoms with van der Waals surface area (Å²) >= 11 is 6.22. The fourth-order valence-corrected chi connectivity index (χ4v) is 5.40. The lowest BCUT2D eigenvalue weighted by Gasteiger charge is -2.15. The maximum absolute atomic E-state index is 12.9. The van der Waals surface area contributed by atoms with Gasteiger partial charge in [-0.1, -0.05) is 11.6 Å². The number of halogens is 1. The number of sulfonamides is 1. The molecule has 28 heavy (non-hydrogen) atoms. The minimum absolute atomic E-state index is 0.198. The summed E-state index contributed by atoms with van der Waals surface area (Å²) in [4.78, 5) is 15.3. The first-order chi connectivity index (χ1) is 13.5. The maximum atomic E-state index is 12.9. The van der Waals surface area contributed by atoms with Crippen LogP contribution < -0.4 is 4.74 Å². The van der Waals surface area contributed by atoms with Crippen molar-refractivity contribution in [2.24, 2.45) is 0 Å². The smallest absolute Gasteiger partial charge is 0.243 e.